The Balaban J connectivity index is 1.53. The number of amides is 1. The molecule has 0 atom stereocenters. The quantitative estimate of drug-likeness (QED) is 0.712. The van der Waals surface area contributed by atoms with Crippen LogP contribution in [0.5, 0.6) is 0 Å². The van der Waals surface area contributed by atoms with Crippen molar-refractivity contribution >= 4 is 44.4 Å². The SMILES string of the molecule is O=C(O)c1ccc2sc(NC(=O)c3ccnc(N4CCOCC4)c3)nc2c1. The van der Waals surface area contributed by atoms with Crippen molar-refractivity contribution in [3.63, 3.8) is 0 Å². The van der Waals surface area contributed by atoms with Crippen molar-refractivity contribution in [2.24, 2.45) is 0 Å². The fraction of sp³-hybridized carbons (Fsp3) is 0.222. The van der Waals surface area contributed by atoms with E-state index in [9.17, 15) is 9.59 Å². The number of benzene rings is 1. The molecule has 9 heteroatoms. The molecule has 1 saturated heterocycles. The van der Waals surface area contributed by atoms with E-state index in [4.69, 9.17) is 9.84 Å². The topological polar surface area (TPSA) is 105 Å². The molecular formula is C18H16N4O4S. The number of fused-ring (bicyclic) bond motifs is 1. The first-order chi connectivity index (χ1) is 13.1. The summed E-state index contributed by atoms with van der Waals surface area (Å²) in [5, 5.41) is 12.3. The molecule has 0 bridgehead atoms. The maximum absolute atomic E-state index is 12.6. The number of nitrogens with one attached hydrogen (secondary N) is 1. The van der Waals surface area contributed by atoms with Gasteiger partial charge < -0.3 is 14.7 Å². The van der Waals surface area contributed by atoms with Gasteiger partial charge in [-0.1, -0.05) is 11.3 Å². The van der Waals surface area contributed by atoms with E-state index < -0.39 is 5.97 Å². The molecule has 1 amide bonds. The van der Waals surface area contributed by atoms with E-state index in [0.717, 1.165) is 23.6 Å². The molecule has 2 N–H and O–H groups in total. The minimum atomic E-state index is -1.01. The number of carbonyl (C=O) groups is 2. The maximum atomic E-state index is 12.6. The van der Waals surface area contributed by atoms with E-state index in [0.29, 0.717) is 29.4 Å². The lowest BCUT2D eigenvalue weighted by Gasteiger charge is -2.27. The molecule has 4 rings (SSSR count). The van der Waals surface area contributed by atoms with Crippen molar-refractivity contribution in [2.45, 2.75) is 0 Å². The first-order valence-electron chi connectivity index (χ1n) is 8.34. The second kappa shape index (κ2) is 7.29. The van der Waals surface area contributed by atoms with Crippen molar-refractivity contribution in [3.05, 3.63) is 47.7 Å². The highest BCUT2D eigenvalue weighted by Crippen LogP contribution is 2.27. The molecule has 0 saturated carbocycles. The Morgan fingerprint density at radius 2 is 1.96 bits per heavy atom. The van der Waals surface area contributed by atoms with E-state index >= 15 is 0 Å². The monoisotopic (exact) mass is 384 g/mol. The third-order valence-electron chi connectivity index (χ3n) is 4.20. The van der Waals surface area contributed by atoms with Crippen LogP contribution in [0.4, 0.5) is 10.9 Å². The average molecular weight is 384 g/mol. The molecule has 3 aromatic rings. The molecule has 8 nitrogen and oxygen atoms in total. The fourth-order valence-corrected chi connectivity index (χ4v) is 3.65. The highest BCUT2D eigenvalue weighted by Gasteiger charge is 2.16. The number of morpholine rings is 1. The third kappa shape index (κ3) is 3.74. The molecule has 1 aromatic carbocycles. The minimum Gasteiger partial charge on any atom is -0.478 e. The van der Waals surface area contributed by atoms with Crippen molar-refractivity contribution < 1.29 is 19.4 Å². The second-order valence-corrected chi connectivity index (χ2v) is 6.99. The van der Waals surface area contributed by atoms with E-state index in [1.165, 1.54) is 23.5 Å². The number of carbonyl (C=O) groups excluding carboxylic acids is 1. The molecule has 0 radical (unpaired) electrons. The van der Waals surface area contributed by atoms with Gasteiger partial charge in [-0.2, -0.15) is 0 Å². The molecule has 3 heterocycles. The second-order valence-electron chi connectivity index (χ2n) is 5.96. The van der Waals surface area contributed by atoms with Gasteiger partial charge in [0, 0.05) is 24.8 Å². The average Bonchev–Trinajstić information content (AvgIpc) is 3.10. The van der Waals surface area contributed by atoms with Crippen LogP contribution in [0.3, 0.4) is 0 Å². The highest BCUT2D eigenvalue weighted by atomic mass is 32.1. The lowest BCUT2D eigenvalue weighted by molar-refractivity contribution is 0.0696. The van der Waals surface area contributed by atoms with Gasteiger partial charge in [0.2, 0.25) is 0 Å². The Hall–Kier alpha value is -3.04. The molecule has 1 aliphatic rings. The van der Waals surface area contributed by atoms with Crippen LogP contribution in [0.25, 0.3) is 10.2 Å². The minimum absolute atomic E-state index is 0.162. The number of thiazole rings is 1. The summed E-state index contributed by atoms with van der Waals surface area (Å²) >= 11 is 1.29. The summed E-state index contributed by atoms with van der Waals surface area (Å²) in [4.78, 5) is 34.4. The number of hydrogen-bond donors (Lipinski definition) is 2. The highest BCUT2D eigenvalue weighted by molar-refractivity contribution is 7.22. The van der Waals surface area contributed by atoms with E-state index in [-0.39, 0.29) is 11.5 Å². The Labute approximate surface area is 158 Å². The van der Waals surface area contributed by atoms with Crippen molar-refractivity contribution in [2.75, 3.05) is 36.5 Å². The van der Waals surface area contributed by atoms with Crippen LogP contribution < -0.4 is 10.2 Å². The number of rotatable bonds is 4. The van der Waals surface area contributed by atoms with Gasteiger partial charge in [0.15, 0.2) is 5.13 Å². The number of aromatic carboxylic acids is 1. The smallest absolute Gasteiger partial charge is 0.335 e. The summed E-state index contributed by atoms with van der Waals surface area (Å²) in [6.45, 7) is 2.76. The Kier molecular flexibility index (Phi) is 4.69. The molecule has 0 spiro atoms. The van der Waals surface area contributed by atoms with Crippen LogP contribution >= 0.6 is 11.3 Å². The normalized spacial score (nSPS) is 14.3. The van der Waals surface area contributed by atoms with Gasteiger partial charge in [0.25, 0.3) is 5.91 Å². The fourth-order valence-electron chi connectivity index (χ4n) is 2.81. The Morgan fingerprint density at radius 1 is 1.15 bits per heavy atom. The van der Waals surface area contributed by atoms with Gasteiger partial charge in [-0.15, -0.1) is 0 Å². The standard InChI is InChI=1S/C18H16N4O4S/c23-16(11-3-4-19-15(10-11)22-5-7-26-8-6-22)21-18-20-13-9-12(17(24)25)1-2-14(13)27-18/h1-4,9-10H,5-8H2,(H,24,25)(H,20,21,23). The number of pyridine rings is 1. The number of aromatic nitrogens is 2. The first-order valence-corrected chi connectivity index (χ1v) is 9.16. The molecule has 138 valence electrons. The number of anilines is 2. The van der Waals surface area contributed by atoms with Gasteiger partial charge in [-0.25, -0.2) is 14.8 Å². The summed E-state index contributed by atoms with van der Waals surface area (Å²) in [6, 6.07) is 8.10. The van der Waals surface area contributed by atoms with E-state index in [1.54, 1.807) is 24.4 Å². The van der Waals surface area contributed by atoms with Crippen LogP contribution in [-0.4, -0.2) is 53.3 Å². The first kappa shape index (κ1) is 17.4. The zero-order valence-electron chi connectivity index (χ0n) is 14.2. The molecule has 27 heavy (non-hydrogen) atoms. The van der Waals surface area contributed by atoms with Crippen LogP contribution in [0.1, 0.15) is 20.7 Å². The Bertz CT molecular complexity index is 1010. The predicted octanol–water partition coefficient (Wildman–Crippen LogP) is 2.48. The Morgan fingerprint density at radius 3 is 2.74 bits per heavy atom. The summed E-state index contributed by atoms with van der Waals surface area (Å²) in [6.07, 6.45) is 1.61. The van der Waals surface area contributed by atoms with Crippen molar-refractivity contribution in [1.29, 1.82) is 0 Å². The number of hydrogen-bond acceptors (Lipinski definition) is 7. The number of carboxylic acid groups (broad SMARTS) is 1. The molecule has 1 aliphatic heterocycles. The van der Waals surface area contributed by atoms with Crippen molar-refractivity contribution in [3.8, 4) is 0 Å². The number of nitrogens with zero attached hydrogens (tertiary/aromatic N) is 3. The van der Waals surface area contributed by atoms with E-state index in [1.807, 2.05) is 0 Å². The lowest BCUT2D eigenvalue weighted by atomic mass is 10.2. The summed E-state index contributed by atoms with van der Waals surface area (Å²) < 4.78 is 6.14. The van der Waals surface area contributed by atoms with Crippen LogP contribution in [0.15, 0.2) is 36.5 Å². The summed E-state index contributed by atoms with van der Waals surface area (Å²) in [5.41, 5.74) is 1.19. The van der Waals surface area contributed by atoms with Gasteiger partial charge in [0.1, 0.15) is 5.82 Å². The molecule has 1 fully saturated rings. The molecule has 0 aliphatic carbocycles. The van der Waals surface area contributed by atoms with Gasteiger partial charge >= 0.3 is 5.97 Å². The zero-order valence-corrected chi connectivity index (χ0v) is 15.0. The van der Waals surface area contributed by atoms with Crippen molar-refractivity contribution in [1.82, 2.24) is 9.97 Å². The summed E-state index contributed by atoms with van der Waals surface area (Å²) in [5.74, 6) is -0.561. The maximum Gasteiger partial charge on any atom is 0.335 e. The number of ether oxygens (including phenoxy) is 1. The number of carboxylic acids is 1. The third-order valence-corrected chi connectivity index (χ3v) is 5.15. The van der Waals surface area contributed by atoms with Crippen LogP contribution in [0.2, 0.25) is 0 Å². The van der Waals surface area contributed by atoms with Gasteiger partial charge in [-0.05, 0) is 30.3 Å². The van der Waals surface area contributed by atoms with Gasteiger partial charge in [0.05, 0.1) is 29.0 Å². The molecule has 2 aromatic heterocycles. The van der Waals surface area contributed by atoms with E-state index in [2.05, 4.69) is 20.2 Å². The zero-order chi connectivity index (χ0) is 18.8. The largest absolute Gasteiger partial charge is 0.478 e. The summed E-state index contributed by atoms with van der Waals surface area (Å²) in [7, 11) is 0. The van der Waals surface area contributed by atoms with Crippen LogP contribution in [0, 0.1) is 0 Å². The lowest BCUT2D eigenvalue weighted by Crippen LogP contribution is -2.36. The predicted molar refractivity (Wildman–Crippen MR) is 102 cm³/mol. The van der Waals surface area contributed by atoms with Gasteiger partial charge in [-0.3, -0.25) is 10.1 Å². The van der Waals surface area contributed by atoms with Crippen LogP contribution in [-0.2, 0) is 4.74 Å². The molecular weight excluding hydrogens is 368 g/mol. The molecule has 0 unspecified atom stereocenters.